The molecule has 1 rings (SSSR count). The predicted molar refractivity (Wildman–Crippen MR) is 78.6 cm³/mol. The summed E-state index contributed by atoms with van der Waals surface area (Å²) >= 11 is 1.55. The van der Waals surface area contributed by atoms with E-state index < -0.39 is 11.4 Å². The zero-order valence-corrected chi connectivity index (χ0v) is 13.3. The first kappa shape index (κ1) is 16.6. The zero-order chi connectivity index (χ0) is 15.3. The molecule has 0 saturated carbocycles. The summed E-state index contributed by atoms with van der Waals surface area (Å²) < 4.78 is 0. The number of carbonyl (C=O) groups excluding carboxylic acids is 1. The number of hydrogen-bond acceptors (Lipinski definition) is 4. The number of hydrogen-bond donors (Lipinski definition) is 1. The van der Waals surface area contributed by atoms with Crippen LogP contribution in [0.4, 0.5) is 0 Å². The van der Waals surface area contributed by atoms with Crippen molar-refractivity contribution in [2.24, 2.45) is 5.41 Å². The molecule has 0 spiro atoms. The van der Waals surface area contributed by atoms with Gasteiger partial charge in [0, 0.05) is 24.5 Å². The Morgan fingerprint density at radius 2 is 2.00 bits per heavy atom. The first-order valence-corrected chi connectivity index (χ1v) is 7.55. The monoisotopic (exact) mass is 298 g/mol. The van der Waals surface area contributed by atoms with Crippen LogP contribution in [-0.2, 0) is 16.1 Å². The highest BCUT2D eigenvalue weighted by atomic mass is 32.1. The SMILES string of the molecule is CCC(CC)(CC(=O)N(C)Cc1cnc(C)s1)C(=O)O. The van der Waals surface area contributed by atoms with E-state index in [1.54, 1.807) is 29.5 Å². The molecule has 0 aliphatic rings. The second kappa shape index (κ2) is 6.83. The van der Waals surface area contributed by atoms with Crippen LogP contribution in [0.15, 0.2) is 6.20 Å². The molecule has 1 N–H and O–H groups in total. The number of amides is 1. The fraction of sp³-hybridized carbons (Fsp3) is 0.643. The molecule has 1 aromatic rings. The lowest BCUT2D eigenvalue weighted by molar-refractivity contribution is -0.154. The summed E-state index contributed by atoms with van der Waals surface area (Å²) in [7, 11) is 1.70. The van der Waals surface area contributed by atoms with Gasteiger partial charge in [0.25, 0.3) is 0 Å². The largest absolute Gasteiger partial charge is 0.481 e. The number of thiazole rings is 1. The summed E-state index contributed by atoms with van der Waals surface area (Å²) in [4.78, 5) is 30.4. The highest BCUT2D eigenvalue weighted by Gasteiger charge is 2.37. The Balaban J connectivity index is 2.71. The number of aryl methyl sites for hydroxylation is 1. The molecule has 6 heteroatoms. The van der Waals surface area contributed by atoms with Crippen molar-refractivity contribution in [1.29, 1.82) is 0 Å². The van der Waals surface area contributed by atoms with E-state index in [1.807, 2.05) is 20.8 Å². The molecule has 0 bridgehead atoms. The third-order valence-electron chi connectivity index (χ3n) is 3.78. The molecule has 0 aromatic carbocycles. The molecule has 0 aliphatic carbocycles. The third kappa shape index (κ3) is 3.79. The Bertz CT molecular complexity index is 481. The van der Waals surface area contributed by atoms with Gasteiger partial charge in [-0.15, -0.1) is 11.3 Å². The van der Waals surface area contributed by atoms with Crippen LogP contribution in [0.5, 0.6) is 0 Å². The molecule has 5 nitrogen and oxygen atoms in total. The maximum Gasteiger partial charge on any atom is 0.310 e. The van der Waals surface area contributed by atoms with Gasteiger partial charge in [-0.25, -0.2) is 4.98 Å². The summed E-state index contributed by atoms with van der Waals surface area (Å²) in [5.74, 6) is -1.03. The van der Waals surface area contributed by atoms with E-state index in [-0.39, 0.29) is 12.3 Å². The first-order chi connectivity index (χ1) is 9.34. The van der Waals surface area contributed by atoms with Gasteiger partial charge >= 0.3 is 5.97 Å². The number of aliphatic carboxylic acids is 1. The van der Waals surface area contributed by atoms with Gasteiger partial charge in [0.15, 0.2) is 0 Å². The van der Waals surface area contributed by atoms with E-state index in [2.05, 4.69) is 4.98 Å². The lowest BCUT2D eigenvalue weighted by Gasteiger charge is -2.28. The topological polar surface area (TPSA) is 70.5 Å². The number of nitrogens with zero attached hydrogens (tertiary/aromatic N) is 2. The summed E-state index contributed by atoms with van der Waals surface area (Å²) in [5.41, 5.74) is -0.949. The van der Waals surface area contributed by atoms with Crippen molar-refractivity contribution >= 4 is 23.2 Å². The fourth-order valence-electron chi connectivity index (χ4n) is 2.10. The van der Waals surface area contributed by atoms with E-state index in [0.29, 0.717) is 19.4 Å². The molecule has 112 valence electrons. The molecular weight excluding hydrogens is 276 g/mol. The molecule has 1 aromatic heterocycles. The van der Waals surface area contributed by atoms with Crippen molar-refractivity contribution < 1.29 is 14.7 Å². The van der Waals surface area contributed by atoms with E-state index in [0.717, 1.165) is 9.88 Å². The number of carbonyl (C=O) groups is 2. The lowest BCUT2D eigenvalue weighted by atomic mass is 9.79. The van der Waals surface area contributed by atoms with Crippen molar-refractivity contribution in [1.82, 2.24) is 9.88 Å². The van der Waals surface area contributed by atoms with Crippen molar-refractivity contribution in [3.05, 3.63) is 16.1 Å². The third-order valence-corrected chi connectivity index (χ3v) is 4.68. The van der Waals surface area contributed by atoms with Crippen LogP contribution in [0.25, 0.3) is 0 Å². The predicted octanol–water partition coefficient (Wildman–Crippen LogP) is 2.69. The van der Waals surface area contributed by atoms with Crippen LogP contribution < -0.4 is 0 Å². The second-order valence-corrected chi connectivity index (χ2v) is 6.38. The maximum absolute atomic E-state index is 12.2. The molecule has 0 saturated heterocycles. The van der Waals surface area contributed by atoms with Gasteiger partial charge < -0.3 is 10.0 Å². The lowest BCUT2D eigenvalue weighted by Crippen LogP contribution is -2.37. The number of carboxylic acid groups (broad SMARTS) is 1. The van der Waals surface area contributed by atoms with E-state index in [4.69, 9.17) is 0 Å². The number of carboxylic acids is 1. The van der Waals surface area contributed by atoms with Crippen molar-refractivity contribution in [2.75, 3.05) is 7.05 Å². The van der Waals surface area contributed by atoms with Crippen LogP contribution in [0.1, 0.15) is 43.0 Å². The standard InChI is InChI=1S/C14H22N2O3S/c1-5-14(6-2,13(18)19)7-12(17)16(4)9-11-8-15-10(3)20-11/h8H,5-7,9H2,1-4H3,(H,18,19). The van der Waals surface area contributed by atoms with Gasteiger partial charge in [0.05, 0.1) is 17.0 Å². The minimum absolute atomic E-state index is 0.0453. The van der Waals surface area contributed by atoms with Crippen LogP contribution in [0.2, 0.25) is 0 Å². The Morgan fingerprint density at radius 1 is 1.40 bits per heavy atom. The minimum atomic E-state index is -0.949. The summed E-state index contributed by atoms with van der Waals surface area (Å²) in [6, 6.07) is 0. The molecule has 1 amide bonds. The molecule has 20 heavy (non-hydrogen) atoms. The van der Waals surface area contributed by atoms with Crippen LogP contribution in [0.3, 0.4) is 0 Å². The van der Waals surface area contributed by atoms with Gasteiger partial charge in [0.1, 0.15) is 0 Å². The van der Waals surface area contributed by atoms with Crippen molar-refractivity contribution in [2.45, 2.75) is 46.6 Å². The maximum atomic E-state index is 12.2. The van der Waals surface area contributed by atoms with E-state index >= 15 is 0 Å². The first-order valence-electron chi connectivity index (χ1n) is 6.73. The Kier molecular flexibility index (Phi) is 5.68. The van der Waals surface area contributed by atoms with Crippen LogP contribution in [0, 0.1) is 12.3 Å². The number of aromatic nitrogens is 1. The zero-order valence-electron chi connectivity index (χ0n) is 12.5. The average molecular weight is 298 g/mol. The summed E-state index contributed by atoms with van der Waals surface area (Å²) in [5, 5.41) is 10.3. The molecular formula is C14H22N2O3S. The van der Waals surface area contributed by atoms with Crippen LogP contribution in [-0.4, -0.2) is 33.9 Å². The van der Waals surface area contributed by atoms with E-state index in [9.17, 15) is 14.7 Å². The molecule has 0 aliphatic heterocycles. The van der Waals surface area contributed by atoms with Gasteiger partial charge in [0.2, 0.25) is 5.91 Å². The van der Waals surface area contributed by atoms with Crippen molar-refractivity contribution in [3.8, 4) is 0 Å². The molecule has 0 radical (unpaired) electrons. The fourth-order valence-corrected chi connectivity index (χ4v) is 2.95. The van der Waals surface area contributed by atoms with Crippen LogP contribution >= 0.6 is 11.3 Å². The minimum Gasteiger partial charge on any atom is -0.481 e. The highest BCUT2D eigenvalue weighted by Crippen LogP contribution is 2.31. The molecule has 0 unspecified atom stereocenters. The van der Waals surface area contributed by atoms with E-state index in [1.165, 1.54) is 0 Å². The number of rotatable bonds is 7. The van der Waals surface area contributed by atoms with Gasteiger partial charge in [-0.1, -0.05) is 13.8 Å². The van der Waals surface area contributed by atoms with Gasteiger partial charge in [-0.3, -0.25) is 9.59 Å². The smallest absolute Gasteiger partial charge is 0.310 e. The molecule has 0 fully saturated rings. The van der Waals surface area contributed by atoms with Gasteiger partial charge in [-0.05, 0) is 19.8 Å². The normalized spacial score (nSPS) is 11.4. The quantitative estimate of drug-likeness (QED) is 0.840. The Morgan fingerprint density at radius 3 is 2.40 bits per heavy atom. The van der Waals surface area contributed by atoms with Crippen molar-refractivity contribution in [3.63, 3.8) is 0 Å². The second-order valence-electron chi connectivity index (χ2n) is 5.06. The molecule has 1 heterocycles. The average Bonchev–Trinajstić information content (AvgIpc) is 2.80. The highest BCUT2D eigenvalue weighted by molar-refractivity contribution is 7.11. The summed E-state index contributed by atoms with van der Waals surface area (Å²) in [6.07, 6.45) is 2.72. The molecule has 0 atom stereocenters. The Labute approximate surface area is 123 Å². The summed E-state index contributed by atoms with van der Waals surface area (Å²) in [6.45, 7) is 6.03. The Hall–Kier alpha value is -1.43. The van der Waals surface area contributed by atoms with Gasteiger partial charge in [-0.2, -0.15) is 0 Å².